The number of rotatable bonds is 4. The molecule has 0 radical (unpaired) electrons. The quantitative estimate of drug-likeness (QED) is 0.770. The minimum atomic E-state index is 0.621. The van der Waals surface area contributed by atoms with Crippen molar-refractivity contribution in [1.29, 1.82) is 0 Å². The Kier molecular flexibility index (Phi) is 3.35. The average Bonchev–Trinajstić information content (AvgIpc) is 3.10. The highest BCUT2D eigenvalue weighted by Crippen LogP contribution is 2.36. The summed E-state index contributed by atoms with van der Waals surface area (Å²) in [5.41, 5.74) is 9.80. The van der Waals surface area contributed by atoms with E-state index in [4.69, 9.17) is 10.5 Å². The highest BCUT2D eigenvalue weighted by molar-refractivity contribution is 5.87. The molecule has 0 atom stereocenters. The van der Waals surface area contributed by atoms with Crippen molar-refractivity contribution in [3.63, 3.8) is 0 Å². The fourth-order valence-electron chi connectivity index (χ4n) is 2.29. The van der Waals surface area contributed by atoms with Crippen LogP contribution in [0.3, 0.4) is 0 Å². The summed E-state index contributed by atoms with van der Waals surface area (Å²) < 4.78 is 7.14. The van der Waals surface area contributed by atoms with E-state index in [1.165, 1.54) is 0 Å². The fraction of sp³-hybridized carbons (Fsp3) is 0.200. The van der Waals surface area contributed by atoms with E-state index in [1.54, 1.807) is 17.1 Å². The van der Waals surface area contributed by atoms with Crippen LogP contribution in [0.2, 0.25) is 0 Å². The lowest BCUT2D eigenvalue weighted by atomic mass is 10.0. The van der Waals surface area contributed by atoms with Crippen LogP contribution in [0.25, 0.3) is 22.4 Å². The predicted molar refractivity (Wildman–Crippen MR) is 81.8 cm³/mol. The molecule has 3 N–H and O–H groups in total. The maximum absolute atomic E-state index is 6.18. The zero-order valence-electron chi connectivity index (χ0n) is 12.0. The molecule has 1 aromatic carbocycles. The van der Waals surface area contributed by atoms with Crippen LogP contribution in [0.15, 0.2) is 36.7 Å². The fourth-order valence-corrected chi connectivity index (χ4v) is 2.29. The Morgan fingerprint density at radius 2 is 2.00 bits per heavy atom. The smallest absolute Gasteiger partial charge is 0.129 e. The van der Waals surface area contributed by atoms with Gasteiger partial charge in [-0.2, -0.15) is 10.2 Å². The highest BCUT2D eigenvalue weighted by atomic mass is 16.5. The molecule has 0 fully saturated rings. The SMILES string of the molecule is CCOc1ccc(-c2c(-c3cn[nH]c3)nn(C)c2N)cc1. The number of H-pyrrole nitrogens is 1. The third kappa shape index (κ3) is 2.35. The topological polar surface area (TPSA) is 81.8 Å². The van der Waals surface area contributed by atoms with Crippen LogP contribution in [0, 0.1) is 0 Å². The van der Waals surface area contributed by atoms with Crippen molar-refractivity contribution in [3.8, 4) is 28.1 Å². The van der Waals surface area contributed by atoms with Gasteiger partial charge >= 0.3 is 0 Å². The van der Waals surface area contributed by atoms with Crippen molar-refractivity contribution in [3.05, 3.63) is 36.7 Å². The molecule has 6 heteroatoms. The number of benzene rings is 1. The lowest BCUT2D eigenvalue weighted by molar-refractivity contribution is 0.340. The van der Waals surface area contributed by atoms with E-state index in [1.807, 2.05) is 38.2 Å². The maximum atomic E-state index is 6.18. The van der Waals surface area contributed by atoms with E-state index in [9.17, 15) is 0 Å². The van der Waals surface area contributed by atoms with Crippen LogP contribution in [0.5, 0.6) is 5.75 Å². The molecule has 0 amide bonds. The van der Waals surface area contributed by atoms with Crippen LogP contribution in [-0.4, -0.2) is 26.6 Å². The lowest BCUT2D eigenvalue weighted by Gasteiger charge is -2.06. The summed E-state index contributed by atoms with van der Waals surface area (Å²) in [6, 6.07) is 7.85. The van der Waals surface area contributed by atoms with E-state index in [0.29, 0.717) is 12.4 Å². The molecular weight excluding hydrogens is 266 g/mol. The number of nitrogens with two attached hydrogens (primary N) is 1. The van der Waals surface area contributed by atoms with Gasteiger partial charge in [0.25, 0.3) is 0 Å². The number of anilines is 1. The van der Waals surface area contributed by atoms with Crippen LogP contribution < -0.4 is 10.5 Å². The second-order valence-corrected chi connectivity index (χ2v) is 4.68. The first-order chi connectivity index (χ1) is 10.2. The van der Waals surface area contributed by atoms with Gasteiger partial charge in [-0.25, -0.2) is 0 Å². The first-order valence-electron chi connectivity index (χ1n) is 6.75. The standard InChI is InChI=1S/C15H17N5O/c1-3-21-12-6-4-10(5-7-12)13-14(11-8-17-18-9-11)19-20(2)15(13)16/h4-9H,3,16H2,1-2H3,(H,17,18). The maximum Gasteiger partial charge on any atom is 0.129 e. The molecule has 0 spiro atoms. The van der Waals surface area contributed by atoms with Crippen molar-refractivity contribution < 1.29 is 4.74 Å². The van der Waals surface area contributed by atoms with Crippen molar-refractivity contribution in [2.75, 3.05) is 12.3 Å². The molecule has 0 unspecified atom stereocenters. The van der Waals surface area contributed by atoms with Crippen LogP contribution in [-0.2, 0) is 7.05 Å². The van der Waals surface area contributed by atoms with Gasteiger partial charge in [-0.3, -0.25) is 9.78 Å². The second kappa shape index (κ2) is 5.32. The molecule has 0 saturated heterocycles. The summed E-state index contributed by atoms with van der Waals surface area (Å²) in [6.45, 7) is 2.61. The molecule has 3 rings (SSSR count). The summed E-state index contributed by atoms with van der Waals surface area (Å²) in [5, 5.41) is 11.3. The average molecular weight is 283 g/mol. The Labute approximate surface area is 122 Å². The molecule has 21 heavy (non-hydrogen) atoms. The Morgan fingerprint density at radius 3 is 2.62 bits per heavy atom. The number of hydrogen-bond acceptors (Lipinski definition) is 4. The third-order valence-electron chi connectivity index (χ3n) is 3.32. The van der Waals surface area contributed by atoms with E-state index in [0.717, 1.165) is 28.1 Å². The summed E-state index contributed by atoms with van der Waals surface area (Å²) >= 11 is 0. The van der Waals surface area contributed by atoms with Gasteiger partial charge in [0.15, 0.2) is 0 Å². The molecule has 2 heterocycles. The minimum absolute atomic E-state index is 0.621. The first kappa shape index (κ1) is 13.2. The second-order valence-electron chi connectivity index (χ2n) is 4.68. The number of aromatic nitrogens is 4. The molecule has 0 aliphatic carbocycles. The van der Waals surface area contributed by atoms with Crippen LogP contribution >= 0.6 is 0 Å². The van der Waals surface area contributed by atoms with Crippen LogP contribution in [0.1, 0.15) is 6.92 Å². The van der Waals surface area contributed by atoms with Gasteiger partial charge in [-0.05, 0) is 24.6 Å². The van der Waals surface area contributed by atoms with Gasteiger partial charge < -0.3 is 10.5 Å². The molecule has 0 bridgehead atoms. The number of nitrogen functional groups attached to an aromatic ring is 1. The predicted octanol–water partition coefficient (Wildman–Crippen LogP) is 2.46. The lowest BCUT2D eigenvalue weighted by Crippen LogP contribution is -1.98. The van der Waals surface area contributed by atoms with Crippen molar-refractivity contribution >= 4 is 5.82 Å². The van der Waals surface area contributed by atoms with Gasteiger partial charge in [-0.1, -0.05) is 12.1 Å². The normalized spacial score (nSPS) is 10.8. The molecule has 2 aromatic heterocycles. The Hall–Kier alpha value is -2.76. The van der Waals surface area contributed by atoms with Gasteiger partial charge in [0.2, 0.25) is 0 Å². The van der Waals surface area contributed by atoms with Gasteiger partial charge in [0.1, 0.15) is 17.3 Å². The summed E-state index contributed by atoms with van der Waals surface area (Å²) in [6.07, 6.45) is 3.54. The molecule has 6 nitrogen and oxygen atoms in total. The number of hydrogen-bond donors (Lipinski definition) is 2. The van der Waals surface area contributed by atoms with Gasteiger partial charge in [0.05, 0.1) is 18.4 Å². The summed E-state index contributed by atoms with van der Waals surface area (Å²) in [4.78, 5) is 0. The van der Waals surface area contributed by atoms with E-state index in [2.05, 4.69) is 15.3 Å². The number of aryl methyl sites for hydroxylation is 1. The molecule has 0 saturated carbocycles. The largest absolute Gasteiger partial charge is 0.494 e. The number of ether oxygens (including phenoxy) is 1. The number of nitrogens with one attached hydrogen (secondary N) is 1. The van der Waals surface area contributed by atoms with Crippen LogP contribution in [0.4, 0.5) is 5.82 Å². The van der Waals surface area contributed by atoms with Crippen molar-refractivity contribution in [2.45, 2.75) is 6.92 Å². The molecule has 108 valence electrons. The zero-order chi connectivity index (χ0) is 14.8. The van der Waals surface area contributed by atoms with E-state index < -0.39 is 0 Å². The highest BCUT2D eigenvalue weighted by Gasteiger charge is 2.17. The molecule has 0 aliphatic rings. The van der Waals surface area contributed by atoms with Crippen molar-refractivity contribution in [2.24, 2.45) is 7.05 Å². The summed E-state index contributed by atoms with van der Waals surface area (Å²) in [7, 11) is 1.83. The van der Waals surface area contributed by atoms with E-state index >= 15 is 0 Å². The molecular formula is C15H17N5O. The monoisotopic (exact) mass is 283 g/mol. The summed E-state index contributed by atoms with van der Waals surface area (Å²) in [5.74, 6) is 1.46. The Morgan fingerprint density at radius 1 is 1.24 bits per heavy atom. The zero-order valence-corrected chi connectivity index (χ0v) is 12.0. The number of aromatic amines is 1. The molecule has 3 aromatic rings. The minimum Gasteiger partial charge on any atom is -0.494 e. The van der Waals surface area contributed by atoms with Gasteiger partial charge in [-0.15, -0.1) is 0 Å². The first-order valence-corrected chi connectivity index (χ1v) is 6.75. The Balaban J connectivity index is 2.09. The number of nitrogens with zero attached hydrogens (tertiary/aromatic N) is 3. The van der Waals surface area contributed by atoms with Gasteiger partial charge in [0, 0.05) is 18.8 Å². The van der Waals surface area contributed by atoms with E-state index in [-0.39, 0.29) is 0 Å². The third-order valence-corrected chi connectivity index (χ3v) is 3.32. The van der Waals surface area contributed by atoms with Crippen molar-refractivity contribution in [1.82, 2.24) is 20.0 Å². The Bertz CT molecular complexity index is 728. The molecule has 0 aliphatic heterocycles.